The predicted octanol–water partition coefficient (Wildman–Crippen LogP) is 2.84. The summed E-state index contributed by atoms with van der Waals surface area (Å²) in [5.74, 6) is 0.412. The number of urea groups is 1. The van der Waals surface area contributed by atoms with E-state index in [-0.39, 0.29) is 17.4 Å². The van der Waals surface area contributed by atoms with E-state index >= 15 is 0 Å². The van der Waals surface area contributed by atoms with E-state index < -0.39 is 6.03 Å². The molecule has 0 spiro atoms. The van der Waals surface area contributed by atoms with E-state index in [2.05, 4.69) is 20.9 Å². The Labute approximate surface area is 202 Å². The molecular weight excluding hydrogens is 450 g/mol. The molecule has 35 heavy (non-hydrogen) atoms. The fraction of sp³-hybridized carbons (Fsp3) is 0.240. The fourth-order valence-corrected chi connectivity index (χ4v) is 3.72. The molecule has 0 fully saturated rings. The minimum atomic E-state index is -0.398. The van der Waals surface area contributed by atoms with Crippen molar-refractivity contribution in [2.24, 2.45) is 0 Å². The van der Waals surface area contributed by atoms with Gasteiger partial charge in [0.15, 0.2) is 5.76 Å². The summed E-state index contributed by atoms with van der Waals surface area (Å²) in [7, 11) is 6.91. The maximum absolute atomic E-state index is 13.2. The van der Waals surface area contributed by atoms with Crippen LogP contribution in [-0.4, -0.2) is 68.9 Å². The summed E-state index contributed by atoms with van der Waals surface area (Å²) in [6.07, 6.45) is 1.56. The number of Topliss-reactive ketones (excluding diaryl/α,β-unsaturated/α-hetero) is 1. The smallest absolute Gasteiger partial charge is 0.318 e. The first-order chi connectivity index (χ1) is 16.8. The van der Waals surface area contributed by atoms with E-state index in [1.807, 2.05) is 25.1 Å². The molecule has 0 unspecified atom stereocenters. The number of H-pyrrole nitrogens is 1. The summed E-state index contributed by atoms with van der Waals surface area (Å²) in [5, 5.41) is 8.71. The van der Waals surface area contributed by atoms with Crippen molar-refractivity contribution in [3.63, 3.8) is 0 Å². The highest BCUT2D eigenvalue weighted by Gasteiger charge is 2.29. The van der Waals surface area contributed by atoms with Gasteiger partial charge in [-0.3, -0.25) is 9.59 Å². The van der Waals surface area contributed by atoms with Crippen molar-refractivity contribution in [3.05, 3.63) is 59.0 Å². The van der Waals surface area contributed by atoms with E-state index in [4.69, 9.17) is 9.47 Å². The third-order valence-electron chi connectivity index (χ3n) is 5.55. The molecule has 1 aromatic heterocycles. The summed E-state index contributed by atoms with van der Waals surface area (Å²) in [4.78, 5) is 42.9. The molecule has 10 heteroatoms. The van der Waals surface area contributed by atoms with Crippen LogP contribution >= 0.6 is 0 Å². The Balaban J connectivity index is 1.72. The van der Waals surface area contributed by atoms with E-state index in [9.17, 15) is 14.4 Å². The Hall–Kier alpha value is -4.31. The molecule has 1 aliphatic rings. The highest BCUT2D eigenvalue weighted by Crippen LogP contribution is 2.36. The molecule has 0 saturated heterocycles. The Kier molecular flexibility index (Phi) is 6.74. The van der Waals surface area contributed by atoms with Gasteiger partial charge in [0, 0.05) is 42.3 Å². The summed E-state index contributed by atoms with van der Waals surface area (Å²) < 4.78 is 11.2. The van der Waals surface area contributed by atoms with Crippen LogP contribution in [0.1, 0.15) is 26.4 Å². The zero-order valence-corrected chi connectivity index (χ0v) is 19.9. The molecular formula is C25H27N5O5. The van der Waals surface area contributed by atoms with E-state index in [0.29, 0.717) is 52.5 Å². The van der Waals surface area contributed by atoms with Crippen molar-refractivity contribution in [2.75, 3.05) is 46.7 Å². The van der Waals surface area contributed by atoms with Gasteiger partial charge < -0.3 is 35.3 Å². The molecule has 0 radical (unpaired) electrons. The van der Waals surface area contributed by atoms with Gasteiger partial charge in [0.25, 0.3) is 5.91 Å². The number of anilines is 1. The molecule has 0 saturated carbocycles. The van der Waals surface area contributed by atoms with Crippen LogP contribution in [0.5, 0.6) is 11.5 Å². The van der Waals surface area contributed by atoms with Crippen LogP contribution in [0.2, 0.25) is 0 Å². The lowest BCUT2D eigenvalue weighted by Crippen LogP contribution is -2.31. The van der Waals surface area contributed by atoms with E-state index in [1.54, 1.807) is 43.5 Å². The second kappa shape index (κ2) is 9.90. The number of ketones is 1. The normalized spacial score (nSPS) is 13.6. The highest BCUT2D eigenvalue weighted by molar-refractivity contribution is 6.17. The number of methoxy groups -OCH3 is 1. The zero-order chi connectivity index (χ0) is 25.1. The number of hydrogen-bond donors (Lipinski definition) is 4. The van der Waals surface area contributed by atoms with Gasteiger partial charge in [-0.15, -0.1) is 0 Å². The Morgan fingerprint density at radius 3 is 2.69 bits per heavy atom. The molecule has 0 atom stereocenters. The standard InChI is InChI=1S/C25H27N5O5/c1-26-25(33)28-14-5-8-20-18(11-14)23(31)21(35-20)13-17-16-12-15(34-4)6-7-19(16)29-22(17)24(32)27-9-10-30(2)3/h5-8,11-13,29H,9-10H2,1-4H3,(H,27,32)(H2,26,28,33). The van der Waals surface area contributed by atoms with Crippen LogP contribution in [0.4, 0.5) is 10.5 Å². The topological polar surface area (TPSA) is 125 Å². The number of rotatable bonds is 7. The first-order valence-corrected chi connectivity index (χ1v) is 11.0. The third kappa shape index (κ3) is 4.97. The van der Waals surface area contributed by atoms with Crippen LogP contribution in [0, 0.1) is 0 Å². The molecule has 10 nitrogen and oxygen atoms in total. The molecule has 182 valence electrons. The number of ether oxygens (including phenoxy) is 2. The molecule has 3 aromatic rings. The largest absolute Gasteiger partial charge is 0.497 e. The number of carbonyl (C=O) groups excluding carboxylic acids is 3. The average Bonchev–Trinajstić information content (AvgIpc) is 3.36. The van der Waals surface area contributed by atoms with Gasteiger partial charge in [-0.2, -0.15) is 0 Å². The molecule has 4 N–H and O–H groups in total. The number of amides is 3. The number of aromatic nitrogens is 1. The molecule has 2 aromatic carbocycles. The van der Waals surface area contributed by atoms with E-state index in [0.717, 1.165) is 5.52 Å². The first-order valence-electron chi connectivity index (χ1n) is 11.0. The predicted molar refractivity (Wildman–Crippen MR) is 133 cm³/mol. The average molecular weight is 478 g/mol. The molecule has 2 heterocycles. The fourth-order valence-electron chi connectivity index (χ4n) is 3.72. The maximum Gasteiger partial charge on any atom is 0.318 e. The quantitative estimate of drug-likeness (QED) is 0.388. The van der Waals surface area contributed by atoms with Crippen LogP contribution in [-0.2, 0) is 0 Å². The Morgan fingerprint density at radius 1 is 1.17 bits per heavy atom. The summed E-state index contributed by atoms with van der Waals surface area (Å²) in [6.45, 7) is 1.14. The first kappa shape index (κ1) is 23.8. The lowest BCUT2D eigenvalue weighted by molar-refractivity contribution is 0.0945. The molecule has 0 bridgehead atoms. The number of likely N-dealkylation sites (N-methyl/N-ethyl adjacent to an activating group) is 1. The van der Waals surface area contributed by atoms with E-state index in [1.165, 1.54) is 7.05 Å². The van der Waals surface area contributed by atoms with Gasteiger partial charge in [-0.05, 0) is 56.6 Å². The number of fused-ring (bicyclic) bond motifs is 2. The maximum atomic E-state index is 13.2. The number of hydrogen-bond acceptors (Lipinski definition) is 6. The second-order valence-electron chi connectivity index (χ2n) is 8.24. The number of benzene rings is 2. The number of aromatic amines is 1. The lowest BCUT2D eigenvalue weighted by Gasteiger charge is -2.10. The molecule has 1 aliphatic heterocycles. The molecule has 0 aliphatic carbocycles. The van der Waals surface area contributed by atoms with Gasteiger partial charge in [-0.1, -0.05) is 0 Å². The Bertz CT molecular complexity index is 1340. The van der Waals surface area contributed by atoms with Crippen LogP contribution in [0.3, 0.4) is 0 Å². The monoisotopic (exact) mass is 477 g/mol. The van der Waals surface area contributed by atoms with Crippen molar-refractivity contribution < 1.29 is 23.9 Å². The van der Waals surface area contributed by atoms with Gasteiger partial charge in [-0.25, -0.2) is 4.79 Å². The van der Waals surface area contributed by atoms with Gasteiger partial charge in [0.1, 0.15) is 17.2 Å². The van der Waals surface area contributed by atoms with Crippen LogP contribution in [0.25, 0.3) is 17.0 Å². The summed E-state index contributed by atoms with van der Waals surface area (Å²) in [6, 6.07) is 9.82. The highest BCUT2D eigenvalue weighted by atomic mass is 16.5. The van der Waals surface area contributed by atoms with Gasteiger partial charge in [0.05, 0.1) is 12.7 Å². The zero-order valence-electron chi connectivity index (χ0n) is 19.9. The van der Waals surface area contributed by atoms with Crippen molar-refractivity contribution in [2.45, 2.75) is 0 Å². The van der Waals surface area contributed by atoms with Gasteiger partial charge in [0.2, 0.25) is 5.78 Å². The molecule has 3 amide bonds. The Morgan fingerprint density at radius 2 is 1.97 bits per heavy atom. The second-order valence-corrected chi connectivity index (χ2v) is 8.24. The van der Waals surface area contributed by atoms with Crippen LogP contribution < -0.4 is 25.4 Å². The van der Waals surface area contributed by atoms with Crippen molar-refractivity contribution in [1.82, 2.24) is 20.5 Å². The minimum Gasteiger partial charge on any atom is -0.497 e. The lowest BCUT2D eigenvalue weighted by atomic mass is 10.1. The number of nitrogens with one attached hydrogen (secondary N) is 4. The van der Waals surface area contributed by atoms with Gasteiger partial charge >= 0.3 is 6.03 Å². The number of carbonyl (C=O) groups is 3. The SMILES string of the molecule is CNC(=O)Nc1ccc2c(c1)C(=O)C(=Cc1c(C(=O)NCCN(C)C)[nH]c3ccc(OC)cc13)O2. The summed E-state index contributed by atoms with van der Waals surface area (Å²) >= 11 is 0. The van der Waals surface area contributed by atoms with Crippen molar-refractivity contribution in [1.29, 1.82) is 0 Å². The minimum absolute atomic E-state index is 0.0724. The van der Waals surface area contributed by atoms with Crippen molar-refractivity contribution in [3.8, 4) is 11.5 Å². The number of allylic oxidation sites excluding steroid dienone is 1. The molecule has 4 rings (SSSR count). The third-order valence-corrected chi connectivity index (χ3v) is 5.55. The number of nitrogens with zero attached hydrogens (tertiary/aromatic N) is 1. The van der Waals surface area contributed by atoms with Crippen molar-refractivity contribution >= 4 is 40.4 Å². The van der Waals surface area contributed by atoms with Crippen LogP contribution in [0.15, 0.2) is 42.2 Å². The summed E-state index contributed by atoms with van der Waals surface area (Å²) in [5.41, 5.74) is 2.32.